The van der Waals surface area contributed by atoms with Crippen LogP contribution in [0, 0.1) is 11.3 Å². The molecule has 0 aromatic heterocycles. The Balaban J connectivity index is 0.00000220. The summed E-state index contributed by atoms with van der Waals surface area (Å²) >= 11 is 0. The van der Waals surface area contributed by atoms with Crippen LogP contribution in [0.3, 0.4) is 0 Å². The maximum Gasteiger partial charge on any atom is 0.193 e. The van der Waals surface area contributed by atoms with E-state index in [4.69, 9.17) is 4.74 Å². The lowest BCUT2D eigenvalue weighted by Gasteiger charge is -2.31. The van der Waals surface area contributed by atoms with Crippen molar-refractivity contribution < 1.29 is 4.74 Å². The molecule has 0 spiro atoms. The molecule has 21 heavy (non-hydrogen) atoms. The fourth-order valence-corrected chi connectivity index (χ4v) is 3.63. The molecule has 1 atom stereocenters. The summed E-state index contributed by atoms with van der Waals surface area (Å²) in [5.74, 6) is 1.70. The molecule has 0 amide bonds. The van der Waals surface area contributed by atoms with Gasteiger partial charge in [0.1, 0.15) is 0 Å². The standard InChI is InChI=1S/C16H31N3O.HI/c1-4-16(8-5-6-9-16)13-18-15(17-2)19(3)11-14-7-10-20-12-14;/h14H,4-13H2,1-3H3,(H,17,18);1H. The molecule has 1 saturated heterocycles. The minimum atomic E-state index is 0. The van der Waals surface area contributed by atoms with E-state index in [2.05, 4.69) is 29.2 Å². The SMILES string of the molecule is CCC1(CNC(=NC)N(C)CC2CCOC2)CCCC1.I. The molecule has 2 fully saturated rings. The van der Waals surface area contributed by atoms with Gasteiger partial charge in [-0.05, 0) is 31.1 Å². The molecule has 5 heteroatoms. The van der Waals surface area contributed by atoms with Crippen LogP contribution >= 0.6 is 24.0 Å². The number of nitrogens with zero attached hydrogens (tertiary/aromatic N) is 2. The smallest absolute Gasteiger partial charge is 0.193 e. The van der Waals surface area contributed by atoms with Crippen molar-refractivity contribution in [3.8, 4) is 0 Å². The third-order valence-corrected chi connectivity index (χ3v) is 5.17. The number of guanidine groups is 1. The lowest BCUT2D eigenvalue weighted by atomic mass is 9.83. The van der Waals surface area contributed by atoms with Crippen LogP contribution in [0.4, 0.5) is 0 Å². The van der Waals surface area contributed by atoms with Crippen LogP contribution in [0.2, 0.25) is 0 Å². The number of halogens is 1. The van der Waals surface area contributed by atoms with Crippen molar-refractivity contribution in [1.29, 1.82) is 0 Å². The molecule has 0 bridgehead atoms. The van der Waals surface area contributed by atoms with E-state index in [9.17, 15) is 0 Å². The summed E-state index contributed by atoms with van der Waals surface area (Å²) in [7, 11) is 4.03. The number of hydrogen-bond acceptors (Lipinski definition) is 2. The molecule has 1 unspecified atom stereocenters. The highest BCUT2D eigenvalue weighted by molar-refractivity contribution is 14.0. The second-order valence-corrected chi connectivity index (χ2v) is 6.57. The monoisotopic (exact) mass is 409 g/mol. The van der Waals surface area contributed by atoms with E-state index in [-0.39, 0.29) is 24.0 Å². The topological polar surface area (TPSA) is 36.9 Å². The van der Waals surface area contributed by atoms with Gasteiger partial charge in [-0.3, -0.25) is 4.99 Å². The van der Waals surface area contributed by atoms with E-state index in [1.807, 2.05) is 7.05 Å². The Morgan fingerprint density at radius 3 is 2.62 bits per heavy atom. The molecule has 2 aliphatic rings. The van der Waals surface area contributed by atoms with Crippen LogP contribution in [0.5, 0.6) is 0 Å². The summed E-state index contributed by atoms with van der Waals surface area (Å²) in [6, 6.07) is 0. The molecule has 124 valence electrons. The van der Waals surface area contributed by atoms with E-state index in [0.29, 0.717) is 11.3 Å². The first kappa shape index (κ1) is 19.0. The van der Waals surface area contributed by atoms with Gasteiger partial charge >= 0.3 is 0 Å². The minimum Gasteiger partial charge on any atom is -0.381 e. The van der Waals surface area contributed by atoms with Crippen molar-refractivity contribution in [3.05, 3.63) is 0 Å². The van der Waals surface area contributed by atoms with Crippen molar-refractivity contribution in [2.75, 3.05) is 40.4 Å². The Morgan fingerprint density at radius 1 is 1.38 bits per heavy atom. The van der Waals surface area contributed by atoms with E-state index in [1.54, 1.807) is 0 Å². The van der Waals surface area contributed by atoms with Crippen molar-refractivity contribution in [1.82, 2.24) is 10.2 Å². The zero-order valence-electron chi connectivity index (χ0n) is 13.9. The largest absolute Gasteiger partial charge is 0.381 e. The number of ether oxygens (including phenoxy) is 1. The van der Waals surface area contributed by atoms with E-state index in [1.165, 1.54) is 38.5 Å². The lowest BCUT2D eigenvalue weighted by molar-refractivity contribution is 0.181. The normalized spacial score (nSPS) is 24.7. The van der Waals surface area contributed by atoms with E-state index < -0.39 is 0 Å². The van der Waals surface area contributed by atoms with Gasteiger partial charge < -0.3 is 15.0 Å². The average Bonchev–Trinajstić information content (AvgIpc) is 3.11. The predicted molar refractivity (Wildman–Crippen MR) is 99.5 cm³/mol. The van der Waals surface area contributed by atoms with Crippen LogP contribution in [0.15, 0.2) is 4.99 Å². The first-order valence-electron chi connectivity index (χ1n) is 8.18. The fraction of sp³-hybridized carbons (Fsp3) is 0.938. The molecule has 1 N–H and O–H groups in total. The van der Waals surface area contributed by atoms with Gasteiger partial charge in [-0.2, -0.15) is 0 Å². The average molecular weight is 409 g/mol. The first-order chi connectivity index (χ1) is 9.69. The summed E-state index contributed by atoms with van der Waals surface area (Å²) in [5, 5.41) is 3.61. The minimum absolute atomic E-state index is 0. The maximum atomic E-state index is 5.46. The Morgan fingerprint density at radius 2 is 2.10 bits per heavy atom. The molecular weight excluding hydrogens is 377 g/mol. The highest BCUT2D eigenvalue weighted by atomic mass is 127. The van der Waals surface area contributed by atoms with Gasteiger partial charge in [-0.25, -0.2) is 0 Å². The Kier molecular flexibility index (Phi) is 8.31. The van der Waals surface area contributed by atoms with E-state index in [0.717, 1.165) is 32.3 Å². The quantitative estimate of drug-likeness (QED) is 0.431. The van der Waals surface area contributed by atoms with Crippen molar-refractivity contribution >= 4 is 29.9 Å². The van der Waals surface area contributed by atoms with Crippen LogP contribution in [0.25, 0.3) is 0 Å². The predicted octanol–water partition coefficient (Wildman–Crippen LogP) is 3.12. The highest BCUT2D eigenvalue weighted by Crippen LogP contribution is 2.40. The molecule has 0 radical (unpaired) electrons. The molecule has 1 aliphatic heterocycles. The third kappa shape index (κ3) is 5.27. The Hall–Kier alpha value is -0.0400. The summed E-state index contributed by atoms with van der Waals surface area (Å²) in [5.41, 5.74) is 0.507. The molecule has 1 heterocycles. The van der Waals surface area contributed by atoms with E-state index >= 15 is 0 Å². The molecule has 1 aliphatic carbocycles. The summed E-state index contributed by atoms with van der Waals surface area (Å²) in [6.07, 6.45) is 7.98. The number of rotatable bonds is 5. The molecule has 0 aromatic rings. The van der Waals surface area contributed by atoms with Crippen molar-refractivity contribution in [2.45, 2.75) is 45.4 Å². The second-order valence-electron chi connectivity index (χ2n) is 6.57. The van der Waals surface area contributed by atoms with Crippen LogP contribution in [0.1, 0.15) is 45.4 Å². The zero-order valence-corrected chi connectivity index (χ0v) is 16.2. The summed E-state index contributed by atoms with van der Waals surface area (Å²) in [6.45, 7) is 6.26. The van der Waals surface area contributed by atoms with Crippen LogP contribution in [-0.4, -0.2) is 51.3 Å². The Labute approximate surface area is 147 Å². The van der Waals surface area contributed by atoms with Gasteiger partial charge in [-0.15, -0.1) is 24.0 Å². The van der Waals surface area contributed by atoms with Gasteiger partial charge in [0.15, 0.2) is 5.96 Å². The zero-order chi connectivity index (χ0) is 14.4. The van der Waals surface area contributed by atoms with Gasteiger partial charge in [0.25, 0.3) is 0 Å². The van der Waals surface area contributed by atoms with Crippen LogP contribution < -0.4 is 5.32 Å². The van der Waals surface area contributed by atoms with Crippen molar-refractivity contribution in [3.63, 3.8) is 0 Å². The van der Waals surface area contributed by atoms with Gasteiger partial charge in [0.05, 0.1) is 6.61 Å². The Bertz CT molecular complexity index is 323. The number of aliphatic imine (C=N–C) groups is 1. The number of hydrogen-bond donors (Lipinski definition) is 1. The third-order valence-electron chi connectivity index (χ3n) is 5.17. The molecule has 0 aromatic carbocycles. The highest BCUT2D eigenvalue weighted by Gasteiger charge is 2.32. The number of nitrogens with one attached hydrogen (secondary N) is 1. The summed E-state index contributed by atoms with van der Waals surface area (Å²) in [4.78, 5) is 6.71. The second kappa shape index (κ2) is 9.18. The molecular formula is C16H32IN3O. The maximum absolute atomic E-state index is 5.46. The van der Waals surface area contributed by atoms with Crippen LogP contribution in [-0.2, 0) is 4.74 Å². The van der Waals surface area contributed by atoms with Gasteiger partial charge in [-0.1, -0.05) is 19.8 Å². The summed E-state index contributed by atoms with van der Waals surface area (Å²) < 4.78 is 5.46. The van der Waals surface area contributed by atoms with Crippen molar-refractivity contribution in [2.24, 2.45) is 16.3 Å². The van der Waals surface area contributed by atoms with Gasteiger partial charge in [0, 0.05) is 39.7 Å². The van der Waals surface area contributed by atoms with Gasteiger partial charge in [0.2, 0.25) is 0 Å². The molecule has 4 nitrogen and oxygen atoms in total. The lowest BCUT2D eigenvalue weighted by Crippen LogP contribution is -2.45. The first-order valence-corrected chi connectivity index (χ1v) is 8.18. The fourth-order valence-electron chi connectivity index (χ4n) is 3.63. The molecule has 2 rings (SSSR count). The molecule has 1 saturated carbocycles.